The third kappa shape index (κ3) is 54.4. The van der Waals surface area contributed by atoms with Gasteiger partial charge in [-0.15, -0.1) is 0 Å². The molecule has 41 heavy (non-hydrogen) atoms. The maximum absolute atomic E-state index is 10.9. The predicted octanol–water partition coefficient (Wildman–Crippen LogP) is -12.5. The molecule has 0 aliphatic rings. The second kappa shape index (κ2) is 50.4. The van der Waals surface area contributed by atoms with E-state index >= 15 is 0 Å². The van der Waals surface area contributed by atoms with Gasteiger partial charge < -0.3 is 145 Å². The van der Waals surface area contributed by atoms with E-state index in [2.05, 4.69) is 0 Å². The van der Waals surface area contributed by atoms with Crippen molar-refractivity contribution in [2.45, 2.75) is 36.9 Å². The molecule has 0 saturated heterocycles. The quantitative estimate of drug-likeness (QED) is 0.112. The van der Waals surface area contributed by atoms with Gasteiger partial charge >= 0.3 is 0 Å². The first-order valence-electron chi connectivity index (χ1n) is 6.19. The van der Waals surface area contributed by atoms with E-state index in [1.165, 1.54) is 0 Å². The maximum Gasteiger partial charge on any atom is 0.0410 e. The van der Waals surface area contributed by atoms with Crippen LogP contribution in [0.2, 0.25) is 0 Å². The average molecular weight is 794 g/mol. The normalized spacial score (nSPS) is 6.88. The van der Waals surface area contributed by atoms with Crippen LogP contribution in [0, 0.1) is 0 Å². The minimum Gasteiger partial charge on any atom is -2.00 e. The van der Waals surface area contributed by atoms with Crippen LogP contribution in [0.5, 0.6) is 0 Å². The van der Waals surface area contributed by atoms with Crippen molar-refractivity contribution in [1.82, 2.24) is 36.9 Å². The van der Waals surface area contributed by atoms with Gasteiger partial charge in [-0.2, -0.15) is 0 Å². The third-order valence-corrected chi connectivity index (χ3v) is 2.46. The molecule has 0 aromatic heterocycles. The summed E-state index contributed by atoms with van der Waals surface area (Å²) in [6.07, 6.45) is -5.88. The first-order chi connectivity index (χ1) is 11.6. The zero-order chi connectivity index (χ0) is 21.3. The maximum atomic E-state index is 10.9. The smallest absolute Gasteiger partial charge is 0.0410 e. The molecule has 0 radical (unpaired) electrons. The van der Waals surface area contributed by atoms with E-state index in [9.17, 15) is 69.6 Å². The van der Waals surface area contributed by atoms with Gasteiger partial charge in [0.05, 0.1) is 0 Å². The third-order valence-electron chi connectivity index (χ3n) is 2.46. The summed E-state index contributed by atoms with van der Waals surface area (Å²) in [5.41, 5.74) is -6.45. The van der Waals surface area contributed by atoms with Gasteiger partial charge in [0, 0.05) is 77.9 Å². The molecule has 264 valence electrons. The van der Waals surface area contributed by atoms with E-state index in [-0.39, 0.29) is 117 Å². The Bertz CT molecular complexity index is 548. The number of aliphatic carboxylic acids is 6. The van der Waals surface area contributed by atoms with Crippen molar-refractivity contribution in [1.29, 1.82) is 0 Å². The Labute approximate surface area is 259 Å². The monoisotopic (exact) mass is 798 g/mol. The molecule has 30 N–H and O–H groups in total. The first-order valence-corrected chi connectivity index (χ1v) is 6.19. The standard InChI is InChI=1S/2C6H7O7.2Mo.6H3N.3H2O.4O/c2*7-3(8)1-6(13,5(11)12)2-4(9)10;;;;;;;;;;;;;;;/h2*1-2H2,(H,7,8)(H,9,10)(H,11,12);;;6*1H3;3*1H2;;;;/q2*-1;;;;;;;;;;;;4*-2. The molecular formula is C12H38Mo2N6O21-10. The Morgan fingerprint density at radius 3 is 0.537 bits per heavy atom. The first kappa shape index (κ1) is 117. The summed E-state index contributed by atoms with van der Waals surface area (Å²) >= 11 is 0. The second-order valence-corrected chi connectivity index (χ2v) is 4.76. The molecule has 0 rings (SSSR count). The van der Waals surface area contributed by atoms with Crippen molar-refractivity contribution in [2.75, 3.05) is 0 Å². The molecule has 0 amide bonds. The van der Waals surface area contributed by atoms with Crippen LogP contribution < -0.4 is 77.8 Å². The fraction of sp³-hybridized carbons (Fsp3) is 0.500. The van der Waals surface area contributed by atoms with Crippen LogP contribution in [-0.4, -0.2) is 63.4 Å². The number of hydrogen-bond donors (Lipinski definition) is 6. The van der Waals surface area contributed by atoms with E-state index in [0.29, 0.717) is 0 Å². The Kier molecular flexibility index (Phi) is 144. The summed E-state index contributed by atoms with van der Waals surface area (Å²) < 4.78 is 0. The van der Waals surface area contributed by atoms with Gasteiger partial charge in [0.1, 0.15) is 0 Å². The molecular weight excluding hydrogens is 756 g/mol. The van der Waals surface area contributed by atoms with E-state index in [1.54, 1.807) is 0 Å². The van der Waals surface area contributed by atoms with Crippen LogP contribution in [0.25, 0.3) is 0 Å². The second-order valence-electron chi connectivity index (χ2n) is 4.76. The summed E-state index contributed by atoms with van der Waals surface area (Å²) in [7, 11) is 0. The summed E-state index contributed by atoms with van der Waals surface area (Å²) in [4.78, 5) is 59.7. The summed E-state index contributed by atoms with van der Waals surface area (Å²) in [6, 6.07) is 0. The van der Waals surface area contributed by atoms with Gasteiger partial charge in [0.2, 0.25) is 0 Å². The molecule has 0 heterocycles. The molecule has 29 heteroatoms. The van der Waals surface area contributed by atoms with Crippen molar-refractivity contribution >= 4 is 35.8 Å². The molecule has 0 aliphatic carbocycles. The molecule has 0 atom stereocenters. The molecule has 0 unspecified atom stereocenters. The van der Waals surface area contributed by atoms with E-state index in [1.807, 2.05) is 0 Å². The molecule has 0 fully saturated rings. The topological polar surface area (TPSA) is 714 Å². The Hall–Kier alpha value is -2.40. The van der Waals surface area contributed by atoms with Crippen LogP contribution in [-0.2, 0) is 92.8 Å². The minimum atomic E-state index is -3.22. The number of carboxylic acid groups (broad SMARTS) is 6. The fourth-order valence-electron chi connectivity index (χ4n) is 1.35. The molecule has 0 aromatic carbocycles. The number of hydrogen-bond acceptors (Lipinski definition) is 14. The Morgan fingerprint density at radius 1 is 0.390 bits per heavy atom. The van der Waals surface area contributed by atoms with Crippen molar-refractivity contribution < 1.29 is 150 Å². The van der Waals surface area contributed by atoms with Crippen molar-refractivity contribution in [2.24, 2.45) is 0 Å². The SMILES string of the molecule is O.O.O.O=C([O-])CC([O-])(CC(=O)[O-])C(=O)[O-].O=C([O-])CC([O-])(CC(=O)[O-])C(=O)[O-].[Mo].[Mo].[NH4+].[NH4+].[NH4+].[NH4+].[NH4+].[NH4+].[O-2].[O-2].[O-2].[O-2]. The molecule has 0 spiro atoms. The van der Waals surface area contributed by atoms with Gasteiger partial charge in [-0.05, 0) is 25.7 Å². The van der Waals surface area contributed by atoms with E-state index < -0.39 is 72.7 Å². The summed E-state index contributed by atoms with van der Waals surface area (Å²) in [5.74, 6) is -12.4. The van der Waals surface area contributed by atoms with Crippen molar-refractivity contribution in [3.05, 3.63) is 0 Å². The van der Waals surface area contributed by atoms with E-state index in [4.69, 9.17) is 0 Å². The van der Waals surface area contributed by atoms with Crippen molar-refractivity contribution in [3.63, 3.8) is 0 Å². The zero-order valence-electron chi connectivity index (χ0n) is 22.5. The molecule has 0 aromatic rings. The molecule has 0 bridgehead atoms. The minimum absolute atomic E-state index is 0. The van der Waals surface area contributed by atoms with Crippen LogP contribution in [0.15, 0.2) is 0 Å². The van der Waals surface area contributed by atoms with Gasteiger partial charge in [0.25, 0.3) is 0 Å². The van der Waals surface area contributed by atoms with Crippen LogP contribution in [0.4, 0.5) is 0 Å². The fourth-order valence-corrected chi connectivity index (χ4v) is 1.35. The molecule has 0 aliphatic heterocycles. The zero-order valence-corrected chi connectivity index (χ0v) is 26.5. The molecule has 0 saturated carbocycles. The van der Waals surface area contributed by atoms with Gasteiger partial charge in [-0.25, -0.2) is 0 Å². The number of quaternary nitrogens is 6. The number of rotatable bonds is 10. The summed E-state index contributed by atoms with van der Waals surface area (Å²) in [6.45, 7) is 0. The van der Waals surface area contributed by atoms with Crippen LogP contribution >= 0.6 is 0 Å². The number of carbonyl (C=O) groups is 6. The van der Waals surface area contributed by atoms with Crippen LogP contribution in [0.1, 0.15) is 25.7 Å². The largest absolute Gasteiger partial charge is 2.00 e. The van der Waals surface area contributed by atoms with Gasteiger partial charge in [-0.1, -0.05) is 11.2 Å². The van der Waals surface area contributed by atoms with Gasteiger partial charge in [-0.3, -0.25) is 0 Å². The van der Waals surface area contributed by atoms with Gasteiger partial charge in [0.15, 0.2) is 0 Å². The molecule has 27 nitrogen and oxygen atoms in total. The predicted molar refractivity (Wildman–Crippen MR) is 103 cm³/mol. The van der Waals surface area contributed by atoms with Crippen LogP contribution in [0.3, 0.4) is 0 Å². The average Bonchev–Trinajstić information content (AvgIpc) is 2.34. The van der Waals surface area contributed by atoms with Crippen molar-refractivity contribution in [3.8, 4) is 0 Å². The summed E-state index contributed by atoms with van der Waals surface area (Å²) in [5, 5.41) is 81.6. The number of carbonyl (C=O) groups excluding carboxylic acids is 6. The number of carboxylic acids is 6. The van der Waals surface area contributed by atoms with E-state index in [0.717, 1.165) is 0 Å². The Balaban J connectivity index is -0.0000000137. The Morgan fingerprint density at radius 2 is 0.488 bits per heavy atom.